The molecule has 11 aromatic rings. The lowest BCUT2D eigenvalue weighted by Gasteiger charge is -2.25. The van der Waals surface area contributed by atoms with Gasteiger partial charge < -0.3 is 18.2 Å². The van der Waals surface area contributed by atoms with Crippen LogP contribution < -0.4 is 4.90 Å². The number of anilines is 3. The molecule has 4 heterocycles. The van der Waals surface area contributed by atoms with Crippen molar-refractivity contribution in [2.75, 3.05) is 4.90 Å². The molecule has 0 saturated carbocycles. The van der Waals surface area contributed by atoms with E-state index in [1.165, 1.54) is 0 Å². The van der Waals surface area contributed by atoms with E-state index in [2.05, 4.69) is 114 Å². The van der Waals surface area contributed by atoms with Crippen LogP contribution >= 0.6 is 11.3 Å². The molecular formula is C43H24N2O3S. The summed E-state index contributed by atoms with van der Waals surface area (Å²) in [6, 6.07) is 50.2. The van der Waals surface area contributed by atoms with Crippen molar-refractivity contribution in [2.45, 2.75) is 0 Å². The van der Waals surface area contributed by atoms with Crippen molar-refractivity contribution in [1.82, 2.24) is 4.98 Å². The molecule has 0 unspecified atom stereocenters. The summed E-state index contributed by atoms with van der Waals surface area (Å²) in [7, 11) is 0. The van der Waals surface area contributed by atoms with Crippen LogP contribution in [-0.2, 0) is 0 Å². The molecule has 7 aromatic carbocycles. The molecule has 0 fully saturated rings. The number of hydrogen-bond donors (Lipinski definition) is 0. The van der Waals surface area contributed by atoms with Gasteiger partial charge in [0.1, 0.15) is 38.5 Å². The molecule has 49 heavy (non-hydrogen) atoms. The van der Waals surface area contributed by atoms with E-state index in [1.807, 2.05) is 36.4 Å². The van der Waals surface area contributed by atoms with E-state index in [-0.39, 0.29) is 0 Å². The summed E-state index contributed by atoms with van der Waals surface area (Å²) < 4.78 is 20.1. The minimum absolute atomic E-state index is 0.838. The van der Waals surface area contributed by atoms with Crippen molar-refractivity contribution in [1.29, 1.82) is 0 Å². The summed E-state index contributed by atoms with van der Waals surface area (Å²) >= 11 is 1.71. The fourth-order valence-electron chi connectivity index (χ4n) is 7.23. The number of thiazole rings is 1. The molecule has 0 N–H and O–H groups in total. The van der Waals surface area contributed by atoms with Crippen LogP contribution in [0.5, 0.6) is 0 Å². The Balaban J connectivity index is 1.16. The number of fused-ring (bicyclic) bond motifs is 11. The molecule has 4 aromatic heterocycles. The van der Waals surface area contributed by atoms with Gasteiger partial charge in [-0.05, 0) is 72.8 Å². The van der Waals surface area contributed by atoms with Gasteiger partial charge >= 0.3 is 0 Å². The normalized spacial score (nSPS) is 12.1. The summed E-state index contributed by atoms with van der Waals surface area (Å²) in [5.74, 6) is 0. The number of nitrogens with zero attached hydrogens (tertiary/aromatic N) is 2. The Labute approximate surface area is 282 Å². The van der Waals surface area contributed by atoms with Crippen molar-refractivity contribution in [3.63, 3.8) is 0 Å². The van der Waals surface area contributed by atoms with E-state index in [4.69, 9.17) is 18.2 Å². The molecule has 0 bridgehead atoms. The van der Waals surface area contributed by atoms with Gasteiger partial charge in [0, 0.05) is 61.0 Å². The molecule has 0 aliphatic rings. The number of hydrogen-bond acceptors (Lipinski definition) is 6. The summed E-state index contributed by atoms with van der Waals surface area (Å²) in [6.07, 6.45) is 0. The molecule has 0 aliphatic carbocycles. The largest absolute Gasteiger partial charge is 0.456 e. The average molecular weight is 649 g/mol. The van der Waals surface area contributed by atoms with E-state index < -0.39 is 0 Å². The zero-order chi connectivity index (χ0) is 32.1. The van der Waals surface area contributed by atoms with Gasteiger partial charge in [-0.25, -0.2) is 4.98 Å². The van der Waals surface area contributed by atoms with Crippen LogP contribution in [0.4, 0.5) is 17.1 Å². The predicted octanol–water partition coefficient (Wildman–Crippen LogP) is 13.1. The maximum Gasteiger partial charge on any atom is 0.137 e. The second-order valence-corrected chi connectivity index (χ2v) is 13.3. The quantitative estimate of drug-likeness (QED) is 0.190. The van der Waals surface area contributed by atoms with Crippen LogP contribution in [0.25, 0.3) is 86.6 Å². The Kier molecular flexibility index (Phi) is 5.48. The van der Waals surface area contributed by atoms with Crippen molar-refractivity contribution >= 4 is 104 Å². The molecule has 5 nitrogen and oxygen atoms in total. The van der Waals surface area contributed by atoms with E-state index in [0.717, 1.165) is 104 Å². The van der Waals surface area contributed by atoms with Crippen LogP contribution in [-0.4, -0.2) is 4.98 Å². The van der Waals surface area contributed by atoms with Gasteiger partial charge in [-0.1, -0.05) is 66.7 Å². The monoisotopic (exact) mass is 648 g/mol. The second kappa shape index (κ2) is 10.1. The first-order chi connectivity index (χ1) is 24.2. The van der Waals surface area contributed by atoms with Gasteiger partial charge in [0.25, 0.3) is 0 Å². The van der Waals surface area contributed by atoms with Gasteiger partial charge in [-0.3, -0.25) is 0 Å². The molecule has 0 aliphatic heterocycles. The Morgan fingerprint density at radius 1 is 0.429 bits per heavy atom. The predicted molar refractivity (Wildman–Crippen MR) is 202 cm³/mol. The van der Waals surface area contributed by atoms with Gasteiger partial charge in [0.2, 0.25) is 0 Å². The maximum absolute atomic E-state index is 6.44. The van der Waals surface area contributed by atoms with Crippen molar-refractivity contribution in [3.8, 4) is 10.6 Å². The lowest BCUT2D eigenvalue weighted by molar-refractivity contribution is 0.668. The third kappa shape index (κ3) is 4.01. The lowest BCUT2D eigenvalue weighted by atomic mass is 10.1. The van der Waals surface area contributed by atoms with Crippen LogP contribution in [0.2, 0.25) is 0 Å². The Bertz CT molecular complexity index is 3070. The first kappa shape index (κ1) is 26.7. The second-order valence-electron chi connectivity index (χ2n) is 12.3. The van der Waals surface area contributed by atoms with Crippen LogP contribution in [0.3, 0.4) is 0 Å². The topological polar surface area (TPSA) is 55.6 Å². The van der Waals surface area contributed by atoms with Gasteiger partial charge in [0.15, 0.2) is 0 Å². The van der Waals surface area contributed by atoms with Crippen LogP contribution in [0.15, 0.2) is 159 Å². The van der Waals surface area contributed by atoms with E-state index in [0.29, 0.717) is 0 Å². The minimum atomic E-state index is 0.838. The molecule has 11 rings (SSSR count). The summed E-state index contributed by atoms with van der Waals surface area (Å²) in [4.78, 5) is 7.30. The molecule has 0 atom stereocenters. The first-order valence-electron chi connectivity index (χ1n) is 16.2. The highest BCUT2D eigenvalue weighted by atomic mass is 32.1. The molecule has 0 radical (unpaired) electrons. The average Bonchev–Trinajstić information content (AvgIpc) is 3.92. The highest BCUT2D eigenvalue weighted by Crippen LogP contribution is 2.45. The summed E-state index contributed by atoms with van der Waals surface area (Å²) in [6.45, 7) is 0. The summed E-state index contributed by atoms with van der Waals surface area (Å²) in [5.41, 5.74) is 10.2. The highest BCUT2D eigenvalue weighted by molar-refractivity contribution is 7.22. The number of rotatable bonds is 4. The summed E-state index contributed by atoms with van der Waals surface area (Å²) in [5, 5.41) is 7.48. The minimum Gasteiger partial charge on any atom is -0.456 e. The van der Waals surface area contributed by atoms with Gasteiger partial charge in [0.05, 0.1) is 10.2 Å². The maximum atomic E-state index is 6.44. The smallest absolute Gasteiger partial charge is 0.137 e. The third-order valence-electron chi connectivity index (χ3n) is 9.49. The fraction of sp³-hybridized carbons (Fsp3) is 0. The van der Waals surface area contributed by atoms with Crippen molar-refractivity contribution < 1.29 is 13.3 Å². The van der Waals surface area contributed by atoms with E-state index in [9.17, 15) is 0 Å². The first-order valence-corrected chi connectivity index (χ1v) is 17.0. The zero-order valence-corrected chi connectivity index (χ0v) is 26.7. The third-order valence-corrected chi connectivity index (χ3v) is 10.6. The Hall–Kier alpha value is -6.37. The molecular weight excluding hydrogens is 625 g/mol. The van der Waals surface area contributed by atoms with Gasteiger partial charge in [-0.15, -0.1) is 11.3 Å². The lowest BCUT2D eigenvalue weighted by Crippen LogP contribution is -2.09. The van der Waals surface area contributed by atoms with Crippen LogP contribution in [0.1, 0.15) is 0 Å². The highest BCUT2D eigenvalue weighted by Gasteiger charge is 2.21. The van der Waals surface area contributed by atoms with Crippen molar-refractivity contribution in [3.05, 3.63) is 146 Å². The zero-order valence-electron chi connectivity index (χ0n) is 25.9. The SMILES string of the molecule is c1ccc(-c2nc3ccc4oc5ccc(N(c6ccc7c(c6)oc6ccccc67)c6ccc7oc8ccccc8c7c6)cc5c4c3s2)cc1. The van der Waals surface area contributed by atoms with E-state index >= 15 is 0 Å². The molecule has 0 spiro atoms. The Morgan fingerprint density at radius 3 is 1.78 bits per heavy atom. The molecule has 230 valence electrons. The number of benzene rings is 7. The van der Waals surface area contributed by atoms with Crippen LogP contribution in [0, 0.1) is 0 Å². The Morgan fingerprint density at radius 2 is 0.980 bits per heavy atom. The fourth-order valence-corrected chi connectivity index (χ4v) is 8.35. The van der Waals surface area contributed by atoms with Gasteiger partial charge in [-0.2, -0.15) is 0 Å². The molecule has 0 saturated heterocycles. The molecule has 6 heteroatoms. The number of furan rings is 3. The standard InChI is InChI=1S/C43H24N2O3S/c1-2-8-25(9-3-1)43-44-34-18-21-39-41(42(34)49-43)33-23-27(16-20-38(33)47-39)45(26-15-19-37-32(22-26)30-11-5-7-13-36(30)46-37)28-14-17-31-29-10-4-6-12-35(29)48-40(31)24-28/h1-24H. The number of aromatic nitrogens is 1. The number of para-hydroxylation sites is 2. The molecule has 0 amide bonds. The van der Waals surface area contributed by atoms with Crippen molar-refractivity contribution in [2.24, 2.45) is 0 Å². The van der Waals surface area contributed by atoms with E-state index in [1.54, 1.807) is 11.3 Å².